The van der Waals surface area contributed by atoms with Crippen LogP contribution in [0, 0.1) is 19.8 Å². The molecule has 3 aromatic rings. The van der Waals surface area contributed by atoms with Gasteiger partial charge >= 0.3 is 0 Å². The van der Waals surface area contributed by atoms with Gasteiger partial charge in [-0.1, -0.05) is 48.0 Å². The molecule has 0 radical (unpaired) electrons. The van der Waals surface area contributed by atoms with E-state index in [2.05, 4.69) is 10.3 Å². The van der Waals surface area contributed by atoms with Crippen LogP contribution in [0.4, 0.5) is 0 Å². The quantitative estimate of drug-likeness (QED) is 0.650. The summed E-state index contributed by atoms with van der Waals surface area (Å²) in [6, 6.07) is 15.6. The number of hydrogen-bond acceptors (Lipinski definition) is 3. The maximum Gasteiger partial charge on any atom is 0.254 e. The second-order valence-corrected chi connectivity index (χ2v) is 8.18. The van der Waals surface area contributed by atoms with E-state index in [-0.39, 0.29) is 11.5 Å². The summed E-state index contributed by atoms with van der Waals surface area (Å²) in [5, 5.41) is 3.09. The van der Waals surface area contributed by atoms with E-state index in [0.29, 0.717) is 24.7 Å². The van der Waals surface area contributed by atoms with Crippen LogP contribution in [-0.2, 0) is 12.8 Å². The fraction of sp³-hybridized carbons (Fsp3) is 0.320. The molecule has 1 unspecified atom stereocenters. The fourth-order valence-electron chi connectivity index (χ4n) is 4.18. The molecule has 0 saturated carbocycles. The topological polar surface area (TPSA) is 74.8 Å². The number of aromatic amines is 1. The average molecular weight is 402 g/mol. The highest BCUT2D eigenvalue weighted by Gasteiger charge is 2.21. The number of fused-ring (bicyclic) bond motifs is 1. The summed E-state index contributed by atoms with van der Waals surface area (Å²) in [4.78, 5) is 33.0. The number of carbonyl (C=O) groups is 1. The highest BCUT2D eigenvalue weighted by molar-refractivity contribution is 5.95. The van der Waals surface area contributed by atoms with E-state index in [0.717, 1.165) is 52.8 Å². The zero-order chi connectivity index (χ0) is 21.1. The van der Waals surface area contributed by atoms with Crippen LogP contribution < -0.4 is 10.9 Å². The summed E-state index contributed by atoms with van der Waals surface area (Å²) in [5.74, 6) is 0.922. The Morgan fingerprint density at radius 2 is 1.87 bits per heavy atom. The molecule has 5 nitrogen and oxygen atoms in total. The molecule has 1 amide bonds. The van der Waals surface area contributed by atoms with Gasteiger partial charge < -0.3 is 10.3 Å². The molecule has 1 aliphatic rings. The molecule has 154 valence electrons. The molecule has 0 saturated heterocycles. The van der Waals surface area contributed by atoms with Gasteiger partial charge in [0.1, 0.15) is 5.82 Å². The van der Waals surface area contributed by atoms with Crippen LogP contribution in [0.2, 0.25) is 0 Å². The number of amides is 1. The van der Waals surface area contributed by atoms with Gasteiger partial charge in [0, 0.05) is 23.2 Å². The Bertz CT molecular complexity index is 1120. The Morgan fingerprint density at radius 3 is 2.63 bits per heavy atom. The third-order valence-corrected chi connectivity index (χ3v) is 5.92. The summed E-state index contributed by atoms with van der Waals surface area (Å²) in [7, 11) is 0. The van der Waals surface area contributed by atoms with Crippen LogP contribution in [-0.4, -0.2) is 22.4 Å². The number of benzene rings is 2. The first-order valence-electron chi connectivity index (χ1n) is 10.5. The molecule has 0 bridgehead atoms. The summed E-state index contributed by atoms with van der Waals surface area (Å²) >= 11 is 0. The number of nitrogens with one attached hydrogen (secondary N) is 2. The molecule has 0 fully saturated rings. The van der Waals surface area contributed by atoms with Gasteiger partial charge in [-0.25, -0.2) is 4.98 Å². The maximum absolute atomic E-state index is 12.7. The van der Waals surface area contributed by atoms with Crippen molar-refractivity contribution in [2.45, 2.75) is 39.5 Å². The van der Waals surface area contributed by atoms with Crippen molar-refractivity contribution in [2.75, 3.05) is 6.54 Å². The summed E-state index contributed by atoms with van der Waals surface area (Å²) in [5.41, 5.74) is 5.42. The summed E-state index contributed by atoms with van der Waals surface area (Å²) in [6.07, 6.45) is 3.22. The van der Waals surface area contributed by atoms with Crippen molar-refractivity contribution in [3.05, 3.63) is 86.8 Å². The van der Waals surface area contributed by atoms with Gasteiger partial charge in [0.2, 0.25) is 0 Å². The van der Waals surface area contributed by atoms with Crippen molar-refractivity contribution in [1.29, 1.82) is 0 Å². The minimum Gasteiger partial charge on any atom is -0.352 e. The predicted molar refractivity (Wildman–Crippen MR) is 119 cm³/mol. The Kier molecular flexibility index (Phi) is 5.79. The zero-order valence-corrected chi connectivity index (χ0v) is 17.5. The number of rotatable bonds is 4. The van der Waals surface area contributed by atoms with E-state index in [9.17, 15) is 9.59 Å². The van der Waals surface area contributed by atoms with Crippen molar-refractivity contribution >= 4 is 5.91 Å². The molecular weight excluding hydrogens is 374 g/mol. The molecule has 0 aliphatic heterocycles. The molecular formula is C25H27N3O2. The standard InChI is InChI=1S/C25H27N3O2/c1-16-8-11-20(17(2)14-16)24(29)26-15-18-9-12-21-22(13-10-18)27-23(28-25(21)30)19-6-4-3-5-7-19/h3-8,11,14,18H,9-10,12-13,15H2,1-2H3,(H,26,29)(H,27,28,30). The minimum atomic E-state index is -0.0428. The Hall–Kier alpha value is -3.21. The highest BCUT2D eigenvalue weighted by atomic mass is 16.1. The first-order valence-corrected chi connectivity index (χ1v) is 10.5. The van der Waals surface area contributed by atoms with Gasteiger partial charge in [0.25, 0.3) is 11.5 Å². The van der Waals surface area contributed by atoms with E-state index in [1.165, 1.54) is 0 Å². The van der Waals surface area contributed by atoms with Gasteiger partial charge in [-0.05, 0) is 57.1 Å². The van der Waals surface area contributed by atoms with Crippen LogP contribution in [0.5, 0.6) is 0 Å². The molecule has 0 spiro atoms. The third-order valence-electron chi connectivity index (χ3n) is 5.92. The monoisotopic (exact) mass is 401 g/mol. The van der Waals surface area contributed by atoms with Gasteiger partial charge in [-0.15, -0.1) is 0 Å². The smallest absolute Gasteiger partial charge is 0.254 e. The van der Waals surface area contributed by atoms with Crippen molar-refractivity contribution in [1.82, 2.24) is 15.3 Å². The predicted octanol–water partition coefficient (Wildman–Crippen LogP) is 3.98. The zero-order valence-electron chi connectivity index (χ0n) is 17.5. The Morgan fingerprint density at radius 1 is 1.10 bits per heavy atom. The molecule has 1 atom stereocenters. The van der Waals surface area contributed by atoms with E-state index < -0.39 is 0 Å². The lowest BCUT2D eigenvalue weighted by molar-refractivity contribution is 0.0945. The van der Waals surface area contributed by atoms with Gasteiger partial charge in [-0.3, -0.25) is 9.59 Å². The Labute approximate surface area is 176 Å². The van der Waals surface area contributed by atoms with Gasteiger partial charge in [-0.2, -0.15) is 0 Å². The molecule has 4 rings (SSSR count). The van der Waals surface area contributed by atoms with E-state index >= 15 is 0 Å². The molecule has 5 heteroatoms. The third kappa shape index (κ3) is 4.35. The maximum atomic E-state index is 12.7. The van der Waals surface area contributed by atoms with Gasteiger partial charge in [0.05, 0.1) is 5.69 Å². The second-order valence-electron chi connectivity index (χ2n) is 8.18. The van der Waals surface area contributed by atoms with Crippen LogP contribution in [0.3, 0.4) is 0 Å². The largest absolute Gasteiger partial charge is 0.352 e. The lowest BCUT2D eigenvalue weighted by atomic mass is 9.99. The minimum absolute atomic E-state index is 0.0309. The fourth-order valence-corrected chi connectivity index (χ4v) is 4.18. The molecule has 1 aliphatic carbocycles. The van der Waals surface area contributed by atoms with Crippen molar-refractivity contribution in [3.8, 4) is 11.4 Å². The number of nitrogens with zero attached hydrogens (tertiary/aromatic N) is 1. The number of carbonyl (C=O) groups excluding carboxylic acids is 1. The SMILES string of the molecule is Cc1ccc(C(=O)NCC2CCc3nc(-c4ccccc4)[nH]c(=O)c3CC2)c(C)c1. The van der Waals surface area contributed by atoms with Crippen LogP contribution in [0.25, 0.3) is 11.4 Å². The van der Waals surface area contributed by atoms with E-state index in [1.54, 1.807) is 0 Å². The summed E-state index contributed by atoms with van der Waals surface area (Å²) < 4.78 is 0. The number of H-pyrrole nitrogens is 1. The molecule has 1 heterocycles. The molecule has 1 aromatic heterocycles. The van der Waals surface area contributed by atoms with Crippen molar-refractivity contribution in [2.24, 2.45) is 5.92 Å². The average Bonchev–Trinajstić information content (AvgIpc) is 2.95. The first-order chi connectivity index (χ1) is 14.5. The lowest BCUT2D eigenvalue weighted by Gasteiger charge is -2.15. The van der Waals surface area contributed by atoms with Crippen LogP contribution in [0.15, 0.2) is 53.3 Å². The van der Waals surface area contributed by atoms with Crippen molar-refractivity contribution in [3.63, 3.8) is 0 Å². The number of aromatic nitrogens is 2. The second kappa shape index (κ2) is 8.66. The van der Waals surface area contributed by atoms with Crippen LogP contribution >= 0.6 is 0 Å². The van der Waals surface area contributed by atoms with E-state index in [1.807, 2.05) is 62.4 Å². The van der Waals surface area contributed by atoms with E-state index in [4.69, 9.17) is 4.98 Å². The van der Waals surface area contributed by atoms with Gasteiger partial charge in [0.15, 0.2) is 0 Å². The normalized spacial score (nSPS) is 15.9. The molecule has 2 aromatic carbocycles. The summed E-state index contributed by atoms with van der Waals surface area (Å²) in [6.45, 7) is 4.60. The van der Waals surface area contributed by atoms with Crippen molar-refractivity contribution < 1.29 is 4.79 Å². The molecule has 30 heavy (non-hydrogen) atoms. The first kappa shape index (κ1) is 20.1. The Balaban J connectivity index is 1.43. The number of hydrogen-bond donors (Lipinski definition) is 2. The number of aryl methyl sites for hydroxylation is 3. The van der Waals surface area contributed by atoms with Crippen LogP contribution in [0.1, 0.15) is 45.6 Å². The molecule has 2 N–H and O–H groups in total. The highest BCUT2D eigenvalue weighted by Crippen LogP contribution is 2.23. The lowest BCUT2D eigenvalue weighted by Crippen LogP contribution is -2.30.